The molecule has 7 nitrogen and oxygen atoms in total. The molecule has 0 saturated carbocycles. The van der Waals surface area contributed by atoms with Crippen molar-refractivity contribution in [2.75, 3.05) is 6.54 Å². The summed E-state index contributed by atoms with van der Waals surface area (Å²) in [6, 6.07) is 11.4. The predicted molar refractivity (Wildman–Crippen MR) is 102 cm³/mol. The van der Waals surface area contributed by atoms with Gasteiger partial charge in [-0.05, 0) is 47.3 Å². The Hall–Kier alpha value is -2.78. The van der Waals surface area contributed by atoms with Crippen LogP contribution in [0.3, 0.4) is 0 Å². The predicted octanol–water partition coefficient (Wildman–Crippen LogP) is 3.78. The number of imide groups is 1. The lowest BCUT2D eigenvalue weighted by atomic mass is 10.2. The molecule has 0 radical (unpaired) electrons. The first-order valence-electron chi connectivity index (χ1n) is 7.90. The van der Waals surface area contributed by atoms with E-state index in [2.05, 4.69) is 4.99 Å². The molecule has 4 rings (SSSR count). The molecule has 1 aromatic heterocycles. The number of thioether (sulfide) groups is 2. The highest BCUT2D eigenvalue weighted by molar-refractivity contribution is 8.18. The lowest BCUT2D eigenvalue weighted by molar-refractivity contribution is -0.140. The summed E-state index contributed by atoms with van der Waals surface area (Å²) in [5.74, 6) is -1.46. The van der Waals surface area contributed by atoms with Gasteiger partial charge >= 0.3 is 5.97 Å². The smallest absolute Gasteiger partial charge is 0.323 e. The maximum absolute atomic E-state index is 12.2. The number of aliphatic imine (C=N–C) groups is 1. The van der Waals surface area contributed by atoms with E-state index in [1.54, 1.807) is 12.1 Å². The lowest BCUT2D eigenvalue weighted by Crippen LogP contribution is -2.33. The number of carbonyl (C=O) groups excluding carboxylic acids is 2. The molecule has 0 atom stereocenters. The number of benzene rings is 1. The molecule has 27 heavy (non-hydrogen) atoms. The van der Waals surface area contributed by atoms with Gasteiger partial charge in [0.1, 0.15) is 12.3 Å². The Morgan fingerprint density at radius 1 is 1.30 bits per heavy atom. The van der Waals surface area contributed by atoms with Crippen LogP contribution in [0.1, 0.15) is 11.3 Å². The Kier molecular flexibility index (Phi) is 4.63. The fraction of sp³-hybridized carbons (Fsp3) is 0.111. The van der Waals surface area contributed by atoms with Crippen LogP contribution in [0.4, 0.5) is 10.5 Å². The average Bonchev–Trinajstić information content (AvgIpc) is 3.30. The number of carboxylic acid groups (broad SMARTS) is 1. The quantitative estimate of drug-likeness (QED) is 0.780. The first kappa shape index (κ1) is 17.6. The molecule has 1 fully saturated rings. The maximum Gasteiger partial charge on any atom is 0.323 e. The second-order valence-electron chi connectivity index (χ2n) is 5.73. The molecule has 136 valence electrons. The van der Waals surface area contributed by atoms with Crippen LogP contribution in [0.2, 0.25) is 0 Å². The second-order valence-corrected chi connectivity index (χ2v) is 7.80. The molecular formula is C18H12N2O5S2. The first-order valence-corrected chi connectivity index (χ1v) is 9.53. The van der Waals surface area contributed by atoms with E-state index in [0.717, 1.165) is 17.2 Å². The zero-order valence-electron chi connectivity index (χ0n) is 13.7. The number of rotatable bonds is 4. The van der Waals surface area contributed by atoms with Crippen LogP contribution in [-0.4, -0.2) is 38.7 Å². The van der Waals surface area contributed by atoms with Gasteiger partial charge in [0.05, 0.1) is 15.6 Å². The average molecular weight is 400 g/mol. The van der Waals surface area contributed by atoms with Gasteiger partial charge < -0.3 is 9.52 Å². The van der Waals surface area contributed by atoms with Gasteiger partial charge in [-0.1, -0.05) is 18.2 Å². The Bertz CT molecular complexity index is 1020. The summed E-state index contributed by atoms with van der Waals surface area (Å²) >= 11 is 2.10. The third kappa shape index (κ3) is 3.69. The van der Waals surface area contributed by atoms with E-state index in [-0.39, 0.29) is 4.91 Å². The highest BCUT2D eigenvalue weighted by Crippen LogP contribution is 2.35. The SMILES string of the molecule is O=C(O)CN1C(=O)S/C(=C\c2ccc(SC3=Nc4ccccc4C3)o2)C1=O. The summed E-state index contributed by atoms with van der Waals surface area (Å²) < 4.78 is 5.70. The molecule has 2 aliphatic heterocycles. The largest absolute Gasteiger partial charge is 0.480 e. The number of para-hydroxylation sites is 1. The van der Waals surface area contributed by atoms with E-state index in [0.29, 0.717) is 27.5 Å². The van der Waals surface area contributed by atoms with E-state index in [9.17, 15) is 14.4 Å². The van der Waals surface area contributed by atoms with Crippen molar-refractivity contribution < 1.29 is 23.9 Å². The molecule has 0 aliphatic carbocycles. The third-order valence-electron chi connectivity index (χ3n) is 3.84. The zero-order valence-corrected chi connectivity index (χ0v) is 15.4. The van der Waals surface area contributed by atoms with Gasteiger partial charge in [0, 0.05) is 12.5 Å². The molecule has 1 saturated heterocycles. The summed E-state index contributed by atoms with van der Waals surface area (Å²) in [7, 11) is 0. The van der Waals surface area contributed by atoms with Gasteiger partial charge in [-0.2, -0.15) is 0 Å². The third-order valence-corrected chi connectivity index (χ3v) is 5.64. The van der Waals surface area contributed by atoms with Crippen molar-refractivity contribution >= 4 is 57.4 Å². The minimum Gasteiger partial charge on any atom is -0.480 e. The lowest BCUT2D eigenvalue weighted by Gasteiger charge is -2.07. The number of amides is 2. The standard InChI is InChI=1S/C18H12N2O5S2/c21-15(22)9-20-17(23)13(26-18(20)24)8-11-5-6-16(25-11)27-14-7-10-3-1-2-4-12(10)19-14/h1-6,8H,7,9H2,(H,21,22)/b13-8-. The number of carboxylic acids is 1. The van der Waals surface area contributed by atoms with Crippen molar-refractivity contribution in [2.45, 2.75) is 11.5 Å². The maximum atomic E-state index is 12.2. The molecule has 0 spiro atoms. The fourth-order valence-corrected chi connectivity index (χ4v) is 4.34. The van der Waals surface area contributed by atoms with Crippen molar-refractivity contribution in [3.05, 3.63) is 52.6 Å². The van der Waals surface area contributed by atoms with E-state index in [1.165, 1.54) is 23.4 Å². The van der Waals surface area contributed by atoms with E-state index >= 15 is 0 Å². The van der Waals surface area contributed by atoms with Crippen LogP contribution >= 0.6 is 23.5 Å². The molecule has 1 aromatic carbocycles. The molecule has 3 heterocycles. The molecule has 0 bridgehead atoms. The van der Waals surface area contributed by atoms with Crippen molar-refractivity contribution in [2.24, 2.45) is 4.99 Å². The Labute approximate surface area is 162 Å². The summed E-state index contributed by atoms with van der Waals surface area (Å²) in [5, 5.41) is 9.72. The van der Waals surface area contributed by atoms with Crippen molar-refractivity contribution in [3.63, 3.8) is 0 Å². The molecule has 1 N–H and O–H groups in total. The van der Waals surface area contributed by atoms with Gasteiger partial charge in [-0.15, -0.1) is 0 Å². The minimum atomic E-state index is -1.24. The number of aliphatic carboxylic acids is 1. The van der Waals surface area contributed by atoms with Gasteiger partial charge in [0.15, 0.2) is 5.09 Å². The number of furan rings is 1. The number of carbonyl (C=O) groups is 3. The monoisotopic (exact) mass is 400 g/mol. The minimum absolute atomic E-state index is 0.137. The number of hydrogen-bond acceptors (Lipinski definition) is 7. The number of nitrogens with zero attached hydrogens (tertiary/aromatic N) is 2. The van der Waals surface area contributed by atoms with Gasteiger partial charge in [-0.3, -0.25) is 19.3 Å². The van der Waals surface area contributed by atoms with Crippen molar-refractivity contribution in [1.29, 1.82) is 0 Å². The Morgan fingerprint density at radius 2 is 2.11 bits per heavy atom. The van der Waals surface area contributed by atoms with Crippen LogP contribution in [0.15, 0.2) is 55.8 Å². The Morgan fingerprint density at radius 3 is 2.89 bits per heavy atom. The summed E-state index contributed by atoms with van der Waals surface area (Å²) in [6.45, 7) is -0.651. The molecule has 2 aliphatic rings. The molecule has 2 amide bonds. The molecular weight excluding hydrogens is 388 g/mol. The van der Waals surface area contributed by atoms with Crippen LogP contribution in [0.5, 0.6) is 0 Å². The van der Waals surface area contributed by atoms with E-state index in [4.69, 9.17) is 9.52 Å². The number of fused-ring (bicyclic) bond motifs is 1. The Balaban J connectivity index is 1.46. The van der Waals surface area contributed by atoms with E-state index in [1.807, 2.05) is 24.3 Å². The normalized spacial score (nSPS) is 17.6. The van der Waals surface area contributed by atoms with Crippen molar-refractivity contribution in [3.8, 4) is 0 Å². The summed E-state index contributed by atoms with van der Waals surface area (Å²) in [5.41, 5.74) is 2.12. The molecule has 9 heteroatoms. The van der Waals surface area contributed by atoms with Crippen LogP contribution in [-0.2, 0) is 16.0 Å². The summed E-state index contributed by atoms with van der Waals surface area (Å²) in [6.07, 6.45) is 2.19. The zero-order chi connectivity index (χ0) is 19.0. The van der Waals surface area contributed by atoms with Gasteiger partial charge in [0.2, 0.25) is 0 Å². The molecule has 2 aromatic rings. The van der Waals surface area contributed by atoms with Crippen molar-refractivity contribution in [1.82, 2.24) is 4.90 Å². The first-order chi connectivity index (χ1) is 13.0. The highest BCUT2D eigenvalue weighted by Gasteiger charge is 2.36. The van der Waals surface area contributed by atoms with E-state index < -0.39 is 23.7 Å². The second kappa shape index (κ2) is 7.09. The van der Waals surface area contributed by atoms with Crippen LogP contribution in [0.25, 0.3) is 6.08 Å². The van der Waals surface area contributed by atoms with Crippen LogP contribution in [0, 0.1) is 0 Å². The fourth-order valence-electron chi connectivity index (χ4n) is 2.65. The topological polar surface area (TPSA) is 100 Å². The highest BCUT2D eigenvalue weighted by atomic mass is 32.2. The molecule has 0 unspecified atom stereocenters. The summed E-state index contributed by atoms with van der Waals surface area (Å²) in [4.78, 5) is 40.1. The van der Waals surface area contributed by atoms with Crippen LogP contribution < -0.4 is 0 Å². The van der Waals surface area contributed by atoms with Gasteiger partial charge in [0.25, 0.3) is 11.1 Å². The number of hydrogen-bond donors (Lipinski definition) is 1. The van der Waals surface area contributed by atoms with Gasteiger partial charge in [-0.25, -0.2) is 4.99 Å².